The lowest BCUT2D eigenvalue weighted by molar-refractivity contribution is 0.305. The van der Waals surface area contributed by atoms with E-state index >= 15 is 0 Å². The Bertz CT molecular complexity index is 889. The number of nitrogens with zero attached hydrogens (tertiary/aromatic N) is 2. The van der Waals surface area contributed by atoms with Crippen molar-refractivity contribution < 1.29 is 4.39 Å². The Hall–Kier alpha value is -2.24. The first kappa shape index (κ1) is 15.6. The number of hydrogen-bond acceptors (Lipinski definition) is 3. The second-order valence-corrected chi connectivity index (χ2v) is 5.81. The fourth-order valence-electron chi connectivity index (χ4n) is 2.47. The average molecular weight is 332 g/mol. The van der Waals surface area contributed by atoms with E-state index in [9.17, 15) is 9.18 Å². The minimum atomic E-state index is -0.343. The molecular weight excluding hydrogens is 317 g/mol. The zero-order valence-corrected chi connectivity index (χ0v) is 13.3. The first-order valence-electron chi connectivity index (χ1n) is 7.14. The molecule has 0 spiro atoms. The van der Waals surface area contributed by atoms with Gasteiger partial charge in [0, 0.05) is 17.1 Å². The number of fused-ring (bicyclic) bond motifs is 1. The molecule has 0 unspecified atom stereocenters. The number of benzene rings is 2. The highest BCUT2D eigenvalue weighted by atomic mass is 35.5. The fourth-order valence-corrected chi connectivity index (χ4v) is 2.70. The van der Waals surface area contributed by atoms with Gasteiger partial charge >= 0.3 is 0 Å². The van der Waals surface area contributed by atoms with Gasteiger partial charge in [-0.2, -0.15) is 0 Å². The Morgan fingerprint density at radius 3 is 2.74 bits per heavy atom. The molecule has 1 aromatic heterocycles. The zero-order chi connectivity index (χ0) is 16.4. The molecule has 0 aliphatic rings. The highest BCUT2D eigenvalue weighted by Crippen LogP contribution is 2.20. The van der Waals surface area contributed by atoms with Gasteiger partial charge in [-0.3, -0.25) is 9.69 Å². The summed E-state index contributed by atoms with van der Waals surface area (Å²) in [6.07, 6.45) is 0. The van der Waals surface area contributed by atoms with Crippen molar-refractivity contribution in [2.45, 2.75) is 13.1 Å². The zero-order valence-electron chi connectivity index (χ0n) is 12.5. The van der Waals surface area contributed by atoms with E-state index in [1.54, 1.807) is 30.3 Å². The maximum atomic E-state index is 13.8. The van der Waals surface area contributed by atoms with Gasteiger partial charge in [0.1, 0.15) is 11.6 Å². The summed E-state index contributed by atoms with van der Waals surface area (Å²) in [6, 6.07) is 11.8. The molecule has 0 amide bonds. The van der Waals surface area contributed by atoms with E-state index in [4.69, 9.17) is 11.6 Å². The van der Waals surface area contributed by atoms with Crippen LogP contribution in [0.4, 0.5) is 4.39 Å². The Labute approximate surface area is 137 Å². The van der Waals surface area contributed by atoms with E-state index in [0.29, 0.717) is 40.4 Å². The third kappa shape index (κ3) is 3.41. The third-order valence-electron chi connectivity index (χ3n) is 3.57. The van der Waals surface area contributed by atoms with Crippen molar-refractivity contribution >= 4 is 22.5 Å². The summed E-state index contributed by atoms with van der Waals surface area (Å²) in [6.45, 7) is 0.701. The second kappa shape index (κ2) is 6.48. The molecule has 2 aromatic carbocycles. The molecule has 23 heavy (non-hydrogen) atoms. The fraction of sp³-hybridized carbons (Fsp3) is 0.176. The summed E-state index contributed by atoms with van der Waals surface area (Å²) in [5.41, 5.74) is 0.895. The third-order valence-corrected chi connectivity index (χ3v) is 3.93. The predicted molar refractivity (Wildman–Crippen MR) is 88.9 cm³/mol. The summed E-state index contributed by atoms with van der Waals surface area (Å²) in [4.78, 5) is 21.1. The molecule has 0 aliphatic heterocycles. The van der Waals surface area contributed by atoms with E-state index in [1.807, 2.05) is 18.0 Å². The summed E-state index contributed by atoms with van der Waals surface area (Å²) in [7, 11) is 1.82. The molecule has 0 saturated carbocycles. The lowest BCUT2D eigenvalue weighted by atomic mass is 10.2. The highest BCUT2D eigenvalue weighted by molar-refractivity contribution is 6.31. The predicted octanol–water partition coefficient (Wildman–Crippen LogP) is 3.35. The topological polar surface area (TPSA) is 49.0 Å². The molecule has 0 atom stereocenters. The molecule has 3 aromatic rings. The van der Waals surface area contributed by atoms with Crippen molar-refractivity contribution in [2.75, 3.05) is 7.05 Å². The Balaban J connectivity index is 1.83. The van der Waals surface area contributed by atoms with E-state index < -0.39 is 0 Å². The number of para-hydroxylation sites is 1. The highest BCUT2D eigenvalue weighted by Gasteiger charge is 2.11. The maximum Gasteiger partial charge on any atom is 0.258 e. The van der Waals surface area contributed by atoms with Crippen molar-refractivity contribution in [1.82, 2.24) is 14.9 Å². The van der Waals surface area contributed by atoms with Gasteiger partial charge in [0.25, 0.3) is 5.56 Å². The standard InChI is InChI=1S/C17H15ClFN3O/c1-22(9-12-13(18)6-4-7-14(12)19)10-16-20-15-8-3-2-5-11(15)17(23)21-16/h2-8H,9-10H2,1H3,(H,20,21,23). The van der Waals surface area contributed by atoms with Crippen molar-refractivity contribution in [3.8, 4) is 0 Å². The van der Waals surface area contributed by atoms with Crippen LogP contribution in [0.5, 0.6) is 0 Å². The van der Waals surface area contributed by atoms with Crippen LogP contribution in [0.1, 0.15) is 11.4 Å². The summed E-state index contributed by atoms with van der Waals surface area (Å²) in [5.74, 6) is 0.188. The molecule has 6 heteroatoms. The van der Waals surface area contributed by atoms with Gasteiger partial charge in [-0.15, -0.1) is 0 Å². The van der Waals surface area contributed by atoms with Crippen LogP contribution < -0.4 is 5.56 Å². The van der Waals surface area contributed by atoms with Gasteiger partial charge in [-0.05, 0) is 31.3 Å². The molecule has 0 radical (unpaired) electrons. The van der Waals surface area contributed by atoms with Gasteiger partial charge in [0.05, 0.1) is 17.4 Å². The summed E-state index contributed by atoms with van der Waals surface area (Å²) >= 11 is 6.04. The number of nitrogens with one attached hydrogen (secondary N) is 1. The molecule has 0 bridgehead atoms. The van der Waals surface area contributed by atoms with Crippen LogP contribution in [0, 0.1) is 5.82 Å². The van der Waals surface area contributed by atoms with Crippen LogP contribution in [0.15, 0.2) is 47.3 Å². The van der Waals surface area contributed by atoms with Crippen LogP contribution in [0.25, 0.3) is 10.9 Å². The van der Waals surface area contributed by atoms with Gasteiger partial charge in [-0.25, -0.2) is 9.37 Å². The first-order chi connectivity index (χ1) is 11.0. The first-order valence-corrected chi connectivity index (χ1v) is 7.52. The molecule has 1 N–H and O–H groups in total. The number of hydrogen-bond donors (Lipinski definition) is 1. The minimum absolute atomic E-state index is 0.178. The summed E-state index contributed by atoms with van der Waals surface area (Å²) in [5, 5.41) is 0.938. The van der Waals surface area contributed by atoms with E-state index in [0.717, 1.165) is 0 Å². The number of aromatic amines is 1. The molecule has 3 rings (SSSR count). The van der Waals surface area contributed by atoms with Crippen LogP contribution in [-0.2, 0) is 13.1 Å². The molecule has 0 aliphatic carbocycles. The van der Waals surface area contributed by atoms with Crippen LogP contribution >= 0.6 is 11.6 Å². The average Bonchev–Trinajstić information content (AvgIpc) is 2.51. The SMILES string of the molecule is CN(Cc1nc2ccccc2c(=O)[nH]1)Cc1c(F)cccc1Cl. The summed E-state index contributed by atoms with van der Waals surface area (Å²) < 4.78 is 13.8. The van der Waals surface area contributed by atoms with Crippen molar-refractivity contribution in [3.05, 3.63) is 75.0 Å². The van der Waals surface area contributed by atoms with E-state index in [1.165, 1.54) is 6.07 Å². The monoisotopic (exact) mass is 331 g/mol. The smallest absolute Gasteiger partial charge is 0.258 e. The van der Waals surface area contributed by atoms with E-state index in [-0.39, 0.29) is 11.4 Å². The lowest BCUT2D eigenvalue weighted by Crippen LogP contribution is -2.22. The van der Waals surface area contributed by atoms with Crippen LogP contribution in [-0.4, -0.2) is 21.9 Å². The molecule has 1 heterocycles. The Kier molecular flexibility index (Phi) is 4.41. The van der Waals surface area contributed by atoms with Gasteiger partial charge in [0.2, 0.25) is 0 Å². The van der Waals surface area contributed by atoms with Crippen molar-refractivity contribution in [2.24, 2.45) is 0 Å². The molecular formula is C17H15ClFN3O. The minimum Gasteiger partial charge on any atom is -0.309 e. The number of aromatic nitrogens is 2. The number of H-pyrrole nitrogens is 1. The quantitative estimate of drug-likeness (QED) is 0.797. The van der Waals surface area contributed by atoms with Gasteiger partial charge in [-0.1, -0.05) is 29.8 Å². The van der Waals surface area contributed by atoms with Crippen LogP contribution in [0.3, 0.4) is 0 Å². The Morgan fingerprint density at radius 2 is 1.96 bits per heavy atom. The lowest BCUT2D eigenvalue weighted by Gasteiger charge is -2.17. The van der Waals surface area contributed by atoms with Gasteiger partial charge in [0.15, 0.2) is 0 Å². The number of halogens is 2. The van der Waals surface area contributed by atoms with Gasteiger partial charge < -0.3 is 4.98 Å². The molecule has 0 saturated heterocycles. The molecule has 4 nitrogen and oxygen atoms in total. The molecule has 118 valence electrons. The molecule has 0 fully saturated rings. The van der Waals surface area contributed by atoms with Crippen molar-refractivity contribution in [3.63, 3.8) is 0 Å². The largest absolute Gasteiger partial charge is 0.309 e. The normalized spacial score (nSPS) is 11.3. The second-order valence-electron chi connectivity index (χ2n) is 5.40. The van der Waals surface area contributed by atoms with E-state index in [2.05, 4.69) is 9.97 Å². The maximum absolute atomic E-state index is 13.8. The Morgan fingerprint density at radius 1 is 1.17 bits per heavy atom. The van der Waals surface area contributed by atoms with Crippen molar-refractivity contribution in [1.29, 1.82) is 0 Å². The number of rotatable bonds is 4. The van der Waals surface area contributed by atoms with Crippen LogP contribution in [0.2, 0.25) is 5.02 Å².